The molecular formula is C15H20N4. The minimum Gasteiger partial charge on any atom is -0.351 e. The van der Waals surface area contributed by atoms with Crippen LogP contribution in [0.3, 0.4) is 0 Å². The fourth-order valence-corrected chi connectivity index (χ4v) is 2.07. The predicted molar refractivity (Wildman–Crippen MR) is 78.0 cm³/mol. The number of rotatable bonds is 6. The molecule has 0 aliphatic heterocycles. The molecule has 0 radical (unpaired) electrons. The topological polar surface area (TPSA) is 41.1 Å². The first-order valence-corrected chi connectivity index (χ1v) is 6.58. The standard InChI is InChI=1S/C15H20N4/c1-3-19(12-14-8-4-5-9-17-14)15-13(11-16-2)7-6-10-18-15/h4-10,16H,3,11-12H2,1-2H3. The molecule has 0 saturated heterocycles. The van der Waals surface area contributed by atoms with Gasteiger partial charge in [0.2, 0.25) is 0 Å². The van der Waals surface area contributed by atoms with Crippen LogP contribution < -0.4 is 10.2 Å². The number of anilines is 1. The van der Waals surface area contributed by atoms with Crippen LogP contribution in [0.15, 0.2) is 42.7 Å². The molecule has 0 aromatic carbocycles. The highest BCUT2D eigenvalue weighted by Crippen LogP contribution is 2.18. The van der Waals surface area contributed by atoms with Crippen molar-refractivity contribution < 1.29 is 0 Å². The normalized spacial score (nSPS) is 10.4. The molecule has 0 aliphatic carbocycles. The number of pyridine rings is 2. The molecule has 4 nitrogen and oxygen atoms in total. The zero-order chi connectivity index (χ0) is 13.5. The van der Waals surface area contributed by atoms with Crippen molar-refractivity contribution >= 4 is 5.82 Å². The Balaban J connectivity index is 2.22. The first-order valence-electron chi connectivity index (χ1n) is 6.58. The van der Waals surface area contributed by atoms with Crippen molar-refractivity contribution in [3.05, 3.63) is 54.0 Å². The van der Waals surface area contributed by atoms with Crippen LogP contribution in [0.25, 0.3) is 0 Å². The molecule has 1 N–H and O–H groups in total. The van der Waals surface area contributed by atoms with Crippen molar-refractivity contribution in [2.75, 3.05) is 18.5 Å². The molecule has 0 amide bonds. The van der Waals surface area contributed by atoms with Crippen molar-refractivity contribution in [2.45, 2.75) is 20.0 Å². The number of aromatic nitrogens is 2. The lowest BCUT2D eigenvalue weighted by Gasteiger charge is -2.24. The maximum atomic E-state index is 4.52. The first-order chi connectivity index (χ1) is 9.35. The van der Waals surface area contributed by atoms with Crippen molar-refractivity contribution in [3.63, 3.8) is 0 Å². The maximum absolute atomic E-state index is 4.52. The number of nitrogens with zero attached hydrogens (tertiary/aromatic N) is 3. The molecule has 0 unspecified atom stereocenters. The van der Waals surface area contributed by atoms with Gasteiger partial charge in [0.05, 0.1) is 12.2 Å². The van der Waals surface area contributed by atoms with E-state index in [1.165, 1.54) is 5.56 Å². The summed E-state index contributed by atoms with van der Waals surface area (Å²) in [5.41, 5.74) is 2.27. The summed E-state index contributed by atoms with van der Waals surface area (Å²) in [5, 5.41) is 3.18. The average molecular weight is 256 g/mol. The van der Waals surface area contributed by atoms with Crippen LogP contribution in [0, 0.1) is 0 Å². The second-order valence-electron chi connectivity index (χ2n) is 4.35. The zero-order valence-electron chi connectivity index (χ0n) is 11.5. The van der Waals surface area contributed by atoms with Gasteiger partial charge in [0.15, 0.2) is 0 Å². The molecule has 2 heterocycles. The highest BCUT2D eigenvalue weighted by molar-refractivity contribution is 5.46. The molecule has 0 saturated carbocycles. The third-order valence-electron chi connectivity index (χ3n) is 2.99. The Morgan fingerprint density at radius 1 is 1.11 bits per heavy atom. The molecule has 0 aliphatic rings. The van der Waals surface area contributed by atoms with Crippen LogP contribution in [0.2, 0.25) is 0 Å². The van der Waals surface area contributed by atoms with Crippen molar-refractivity contribution in [2.24, 2.45) is 0 Å². The van der Waals surface area contributed by atoms with E-state index in [1.54, 1.807) is 0 Å². The number of hydrogen-bond donors (Lipinski definition) is 1. The fourth-order valence-electron chi connectivity index (χ4n) is 2.07. The Morgan fingerprint density at radius 2 is 1.95 bits per heavy atom. The van der Waals surface area contributed by atoms with E-state index in [9.17, 15) is 0 Å². The van der Waals surface area contributed by atoms with E-state index in [0.29, 0.717) is 0 Å². The molecule has 2 aromatic rings. The van der Waals surface area contributed by atoms with Crippen LogP contribution in [0.5, 0.6) is 0 Å². The van der Waals surface area contributed by atoms with Crippen molar-refractivity contribution in [3.8, 4) is 0 Å². The van der Waals surface area contributed by atoms with E-state index in [-0.39, 0.29) is 0 Å². The number of hydrogen-bond acceptors (Lipinski definition) is 4. The summed E-state index contributed by atoms with van der Waals surface area (Å²) in [4.78, 5) is 11.2. The predicted octanol–water partition coefficient (Wildman–Crippen LogP) is 2.22. The van der Waals surface area contributed by atoms with Crippen molar-refractivity contribution in [1.29, 1.82) is 0 Å². The summed E-state index contributed by atoms with van der Waals surface area (Å²) >= 11 is 0. The van der Waals surface area contributed by atoms with E-state index >= 15 is 0 Å². The fraction of sp³-hybridized carbons (Fsp3) is 0.333. The summed E-state index contributed by atoms with van der Waals surface area (Å²) < 4.78 is 0. The maximum Gasteiger partial charge on any atom is 0.133 e. The molecular weight excluding hydrogens is 236 g/mol. The monoisotopic (exact) mass is 256 g/mol. The largest absolute Gasteiger partial charge is 0.351 e. The molecule has 4 heteroatoms. The molecule has 2 rings (SSSR count). The minimum absolute atomic E-state index is 0.783. The zero-order valence-corrected chi connectivity index (χ0v) is 11.5. The molecule has 100 valence electrons. The summed E-state index contributed by atoms with van der Waals surface area (Å²) in [5.74, 6) is 1.03. The van der Waals surface area contributed by atoms with E-state index in [2.05, 4.69) is 33.2 Å². The first kappa shape index (κ1) is 13.5. The smallest absolute Gasteiger partial charge is 0.133 e. The van der Waals surface area contributed by atoms with Gasteiger partial charge in [-0.3, -0.25) is 4.98 Å². The number of nitrogens with one attached hydrogen (secondary N) is 1. The van der Waals surface area contributed by atoms with Crippen LogP contribution in [-0.2, 0) is 13.1 Å². The third kappa shape index (κ3) is 3.51. The molecule has 0 atom stereocenters. The van der Waals surface area contributed by atoms with Crippen LogP contribution in [0.4, 0.5) is 5.82 Å². The summed E-state index contributed by atoms with van der Waals surface area (Å²) in [6.45, 7) is 4.65. The lowest BCUT2D eigenvalue weighted by molar-refractivity contribution is 0.760. The molecule has 0 spiro atoms. The molecule has 0 fully saturated rings. The quantitative estimate of drug-likeness (QED) is 0.860. The molecule has 19 heavy (non-hydrogen) atoms. The Hall–Kier alpha value is -1.94. The third-order valence-corrected chi connectivity index (χ3v) is 2.99. The van der Waals surface area contributed by atoms with Gasteiger partial charge in [0.25, 0.3) is 0 Å². The van der Waals surface area contributed by atoms with Crippen LogP contribution in [-0.4, -0.2) is 23.6 Å². The van der Waals surface area contributed by atoms with Gasteiger partial charge in [-0.1, -0.05) is 12.1 Å². The second kappa shape index (κ2) is 6.85. The van der Waals surface area contributed by atoms with Gasteiger partial charge >= 0.3 is 0 Å². The average Bonchev–Trinajstić information content (AvgIpc) is 2.47. The van der Waals surface area contributed by atoms with E-state index < -0.39 is 0 Å². The van der Waals surface area contributed by atoms with Crippen molar-refractivity contribution in [1.82, 2.24) is 15.3 Å². The Labute approximate surface area is 114 Å². The van der Waals surface area contributed by atoms with E-state index in [1.807, 2.05) is 43.7 Å². The Bertz CT molecular complexity index is 499. The minimum atomic E-state index is 0.783. The van der Waals surface area contributed by atoms with Gasteiger partial charge in [-0.25, -0.2) is 4.98 Å². The molecule has 0 bridgehead atoms. The summed E-state index contributed by atoms with van der Waals surface area (Å²) in [6, 6.07) is 10.1. The van der Waals surface area contributed by atoms with Crippen LogP contribution >= 0.6 is 0 Å². The highest BCUT2D eigenvalue weighted by atomic mass is 15.2. The second-order valence-corrected chi connectivity index (χ2v) is 4.35. The summed E-state index contributed by atoms with van der Waals surface area (Å²) in [6.07, 6.45) is 3.67. The lowest BCUT2D eigenvalue weighted by Crippen LogP contribution is -2.25. The van der Waals surface area contributed by atoms with E-state index in [0.717, 1.165) is 31.1 Å². The van der Waals surface area contributed by atoms with Gasteiger partial charge < -0.3 is 10.2 Å². The van der Waals surface area contributed by atoms with Gasteiger partial charge in [0, 0.05) is 31.0 Å². The highest BCUT2D eigenvalue weighted by Gasteiger charge is 2.11. The Morgan fingerprint density at radius 3 is 2.63 bits per heavy atom. The van der Waals surface area contributed by atoms with Crippen LogP contribution in [0.1, 0.15) is 18.2 Å². The Kier molecular flexibility index (Phi) is 4.86. The van der Waals surface area contributed by atoms with E-state index in [4.69, 9.17) is 0 Å². The molecule has 2 aromatic heterocycles. The van der Waals surface area contributed by atoms with Gasteiger partial charge in [-0.05, 0) is 32.2 Å². The van der Waals surface area contributed by atoms with Gasteiger partial charge in [0.1, 0.15) is 5.82 Å². The summed E-state index contributed by atoms with van der Waals surface area (Å²) in [7, 11) is 1.95. The van der Waals surface area contributed by atoms with Gasteiger partial charge in [-0.15, -0.1) is 0 Å². The lowest BCUT2D eigenvalue weighted by atomic mass is 10.2. The van der Waals surface area contributed by atoms with Gasteiger partial charge in [-0.2, -0.15) is 0 Å². The SMILES string of the molecule is CCN(Cc1ccccn1)c1ncccc1CNC.